The number of hydrogen-bond acceptors (Lipinski definition) is 7. The number of rotatable bonds is 8. The minimum Gasteiger partial charge on any atom is -0.481 e. The summed E-state index contributed by atoms with van der Waals surface area (Å²) in [6, 6.07) is -1.64. The molecule has 11 nitrogen and oxygen atoms in total. The lowest BCUT2D eigenvalue weighted by Gasteiger charge is -2.41. The number of aliphatic carboxylic acids is 1. The second-order valence-electron chi connectivity index (χ2n) is 6.76. The van der Waals surface area contributed by atoms with Crippen LogP contribution in [0.2, 0.25) is 0 Å². The van der Waals surface area contributed by atoms with Gasteiger partial charge < -0.3 is 30.3 Å². The molecular weight excluding hydrogens is 404 g/mol. The summed E-state index contributed by atoms with van der Waals surface area (Å²) in [5.74, 6) is -2.82. The van der Waals surface area contributed by atoms with Gasteiger partial charge in [0.2, 0.25) is 23.6 Å². The molecule has 0 unspecified atom stereocenters. The van der Waals surface area contributed by atoms with Crippen LogP contribution in [0.1, 0.15) is 12.8 Å². The van der Waals surface area contributed by atoms with Crippen LogP contribution >= 0.6 is 11.8 Å². The molecule has 0 saturated carbocycles. The lowest BCUT2D eigenvalue weighted by Crippen LogP contribution is -2.64. The molecule has 29 heavy (non-hydrogen) atoms. The average Bonchev–Trinajstić information content (AvgIpc) is 2.69. The monoisotopic (exact) mass is 430 g/mol. The maximum Gasteiger partial charge on any atom is 0.313 e. The number of nitrogens with zero attached hydrogens (tertiary/aromatic N) is 2. The highest BCUT2D eigenvalue weighted by Crippen LogP contribution is 2.15. The molecule has 12 heteroatoms. The van der Waals surface area contributed by atoms with Crippen LogP contribution in [0.5, 0.6) is 0 Å². The fourth-order valence-corrected chi connectivity index (χ4v) is 3.85. The zero-order valence-corrected chi connectivity index (χ0v) is 17.0. The number of piperidine rings is 1. The summed E-state index contributed by atoms with van der Waals surface area (Å²) in [4.78, 5) is 63.0. The van der Waals surface area contributed by atoms with Gasteiger partial charge in [-0.15, -0.1) is 11.8 Å². The lowest BCUT2D eigenvalue weighted by molar-refractivity contribution is -0.149. The first kappa shape index (κ1) is 22.9. The summed E-state index contributed by atoms with van der Waals surface area (Å²) in [6.45, 7) is 0.779. The Kier molecular flexibility index (Phi) is 8.70. The molecule has 0 aromatic rings. The number of thioether (sulfide) groups is 1. The van der Waals surface area contributed by atoms with E-state index in [1.807, 2.05) is 0 Å². The Balaban J connectivity index is 2.08. The summed E-state index contributed by atoms with van der Waals surface area (Å²) in [5.41, 5.74) is 0. The van der Waals surface area contributed by atoms with E-state index < -0.39 is 24.0 Å². The van der Waals surface area contributed by atoms with E-state index in [1.54, 1.807) is 0 Å². The summed E-state index contributed by atoms with van der Waals surface area (Å²) in [7, 11) is 1.39. The molecule has 2 fully saturated rings. The van der Waals surface area contributed by atoms with Gasteiger partial charge in [-0.3, -0.25) is 24.0 Å². The molecule has 2 rings (SSSR count). The Morgan fingerprint density at radius 3 is 2.66 bits per heavy atom. The zero-order chi connectivity index (χ0) is 21.4. The molecule has 2 aliphatic heterocycles. The molecular formula is C17H26N4O7S. The highest BCUT2D eigenvalue weighted by atomic mass is 32.2. The predicted octanol–water partition coefficient (Wildman–Crippen LogP) is -2.12. The Labute approximate surface area is 172 Å². The van der Waals surface area contributed by atoms with Crippen molar-refractivity contribution >= 4 is 41.4 Å². The number of ether oxygens (including phenoxy) is 1. The molecule has 2 aliphatic rings. The van der Waals surface area contributed by atoms with E-state index in [-0.39, 0.29) is 55.5 Å². The molecule has 2 saturated heterocycles. The van der Waals surface area contributed by atoms with E-state index in [0.29, 0.717) is 13.0 Å². The minimum atomic E-state index is -1.03. The van der Waals surface area contributed by atoms with Crippen molar-refractivity contribution in [1.82, 2.24) is 20.4 Å². The van der Waals surface area contributed by atoms with E-state index in [4.69, 9.17) is 9.84 Å². The number of carboxylic acids is 1. The molecule has 0 spiro atoms. The van der Waals surface area contributed by atoms with Crippen molar-refractivity contribution in [2.24, 2.45) is 0 Å². The summed E-state index contributed by atoms with van der Waals surface area (Å²) < 4.78 is 4.85. The van der Waals surface area contributed by atoms with Gasteiger partial charge in [-0.25, -0.2) is 0 Å². The fourth-order valence-electron chi connectivity index (χ4n) is 3.23. The fraction of sp³-hybridized carbons (Fsp3) is 0.706. The van der Waals surface area contributed by atoms with Crippen LogP contribution in [0.15, 0.2) is 0 Å². The topological polar surface area (TPSA) is 145 Å². The quantitative estimate of drug-likeness (QED) is 0.396. The zero-order valence-electron chi connectivity index (χ0n) is 16.2. The maximum atomic E-state index is 12.9. The van der Waals surface area contributed by atoms with Crippen molar-refractivity contribution in [2.75, 3.05) is 51.4 Å². The number of amides is 4. The molecule has 0 aliphatic carbocycles. The summed E-state index contributed by atoms with van der Waals surface area (Å²) in [6.07, 6.45) is 1.23. The molecule has 2 heterocycles. The number of methoxy groups -OCH3 is 1. The van der Waals surface area contributed by atoms with Crippen molar-refractivity contribution in [2.45, 2.75) is 24.9 Å². The number of carboxylic acid groups (broad SMARTS) is 1. The second-order valence-corrected chi connectivity index (χ2v) is 7.74. The van der Waals surface area contributed by atoms with Crippen molar-refractivity contribution in [3.8, 4) is 0 Å². The van der Waals surface area contributed by atoms with Crippen molar-refractivity contribution in [3.63, 3.8) is 0 Å². The van der Waals surface area contributed by atoms with Crippen molar-refractivity contribution in [3.05, 3.63) is 0 Å². The third kappa shape index (κ3) is 6.60. The van der Waals surface area contributed by atoms with Crippen molar-refractivity contribution in [1.29, 1.82) is 0 Å². The smallest absolute Gasteiger partial charge is 0.313 e. The van der Waals surface area contributed by atoms with Gasteiger partial charge in [0.05, 0.1) is 18.1 Å². The van der Waals surface area contributed by atoms with Crippen molar-refractivity contribution < 1.29 is 33.8 Å². The highest BCUT2D eigenvalue weighted by Gasteiger charge is 2.38. The number of piperazine rings is 1. The van der Waals surface area contributed by atoms with E-state index in [2.05, 4.69) is 10.6 Å². The Hall–Kier alpha value is -2.34. The van der Waals surface area contributed by atoms with Crippen LogP contribution in [-0.4, -0.2) is 108 Å². The number of carbonyl (C=O) groups is 5. The van der Waals surface area contributed by atoms with E-state index >= 15 is 0 Å². The van der Waals surface area contributed by atoms with Gasteiger partial charge in [-0.1, -0.05) is 0 Å². The second kappa shape index (κ2) is 11.0. The molecule has 0 aromatic heterocycles. The third-order valence-electron chi connectivity index (χ3n) is 4.68. The van der Waals surface area contributed by atoms with E-state index in [0.717, 1.165) is 18.2 Å². The Morgan fingerprint density at radius 1 is 1.24 bits per heavy atom. The van der Waals surface area contributed by atoms with Gasteiger partial charge in [-0.05, 0) is 12.8 Å². The molecule has 0 radical (unpaired) electrons. The van der Waals surface area contributed by atoms with E-state index in [1.165, 1.54) is 16.9 Å². The standard InChI is InChI=1S/C17H26N4O7S/c1-28-8-13(22)20-5-6-21(14(23)9-29-10-15(24)25)12(7-20)17(27)19-11-3-2-4-18-16(11)26/h11-12H,2-10H2,1H3,(H,18,26)(H,19,27)(H,24,25)/t11-,12-/m0/s1. The number of carbonyl (C=O) groups excluding carboxylic acids is 4. The van der Waals surface area contributed by atoms with Crippen LogP contribution < -0.4 is 10.6 Å². The van der Waals surface area contributed by atoms with Gasteiger partial charge in [0.15, 0.2) is 0 Å². The predicted molar refractivity (Wildman–Crippen MR) is 103 cm³/mol. The molecule has 162 valence electrons. The normalized spacial score (nSPS) is 22.0. The first-order chi connectivity index (χ1) is 13.8. The third-order valence-corrected chi connectivity index (χ3v) is 5.58. The molecule has 0 aromatic carbocycles. The SMILES string of the molecule is COCC(=O)N1CCN(C(=O)CSCC(=O)O)[C@H](C(=O)N[C@H]2CCCNC2=O)C1. The number of nitrogens with one attached hydrogen (secondary N) is 2. The summed E-state index contributed by atoms with van der Waals surface area (Å²) in [5, 5.41) is 14.1. The highest BCUT2D eigenvalue weighted by molar-refractivity contribution is 8.00. The largest absolute Gasteiger partial charge is 0.481 e. The van der Waals surface area contributed by atoms with Gasteiger partial charge in [0.1, 0.15) is 18.7 Å². The van der Waals surface area contributed by atoms with Gasteiger partial charge in [0.25, 0.3) is 0 Å². The maximum absolute atomic E-state index is 12.9. The van der Waals surface area contributed by atoms with Gasteiger partial charge in [0, 0.05) is 26.7 Å². The van der Waals surface area contributed by atoms with Crippen LogP contribution in [0.3, 0.4) is 0 Å². The Bertz CT molecular complexity index is 660. The first-order valence-electron chi connectivity index (χ1n) is 9.27. The van der Waals surface area contributed by atoms with Crippen LogP contribution in [0.25, 0.3) is 0 Å². The van der Waals surface area contributed by atoms with Crippen LogP contribution in [0.4, 0.5) is 0 Å². The molecule has 0 bridgehead atoms. The molecule has 3 N–H and O–H groups in total. The number of hydrogen-bond donors (Lipinski definition) is 3. The lowest BCUT2D eigenvalue weighted by atomic mass is 10.0. The Morgan fingerprint density at radius 2 is 2.00 bits per heavy atom. The van der Waals surface area contributed by atoms with Gasteiger partial charge in [-0.2, -0.15) is 0 Å². The average molecular weight is 430 g/mol. The molecule has 4 amide bonds. The van der Waals surface area contributed by atoms with Crippen LogP contribution in [-0.2, 0) is 28.7 Å². The summed E-state index contributed by atoms with van der Waals surface area (Å²) >= 11 is 0.941. The first-order valence-corrected chi connectivity index (χ1v) is 10.4. The molecule has 2 atom stereocenters. The minimum absolute atomic E-state index is 0.0162. The van der Waals surface area contributed by atoms with Crippen LogP contribution in [0, 0.1) is 0 Å². The van der Waals surface area contributed by atoms with Gasteiger partial charge >= 0.3 is 5.97 Å². The van der Waals surface area contributed by atoms with E-state index in [9.17, 15) is 24.0 Å².